The van der Waals surface area contributed by atoms with Crippen LogP contribution in [0.5, 0.6) is 0 Å². The Bertz CT molecular complexity index is 572. The zero-order valence-corrected chi connectivity index (χ0v) is 11.0. The highest BCUT2D eigenvalue weighted by Crippen LogP contribution is 2.41. The van der Waals surface area contributed by atoms with Crippen LogP contribution in [0.2, 0.25) is 0 Å². The van der Waals surface area contributed by atoms with E-state index in [1.807, 2.05) is 0 Å². The van der Waals surface area contributed by atoms with Crippen molar-refractivity contribution in [3.63, 3.8) is 0 Å². The lowest BCUT2D eigenvalue weighted by atomic mass is 10.1. The van der Waals surface area contributed by atoms with E-state index in [4.69, 9.17) is 10.7 Å². The summed E-state index contributed by atoms with van der Waals surface area (Å²) in [6, 6.07) is 6.73. The van der Waals surface area contributed by atoms with E-state index >= 15 is 0 Å². The van der Waals surface area contributed by atoms with Gasteiger partial charge in [-0.3, -0.25) is 0 Å². The largest absolute Gasteiger partial charge is 0.322 e. The van der Waals surface area contributed by atoms with E-state index in [0.717, 1.165) is 17.8 Å². The highest BCUT2D eigenvalue weighted by atomic mass is 32.1. The van der Waals surface area contributed by atoms with Gasteiger partial charge in [-0.15, -0.1) is 11.3 Å². The van der Waals surface area contributed by atoms with Gasteiger partial charge >= 0.3 is 0 Å². The Balaban J connectivity index is 2.08. The summed E-state index contributed by atoms with van der Waals surface area (Å²) in [5.74, 6) is 0. The highest BCUT2D eigenvalue weighted by Gasteiger charge is 2.24. The lowest BCUT2D eigenvalue weighted by Gasteiger charge is -2.04. The molecule has 0 aliphatic heterocycles. The average molecular weight is 244 g/mol. The Hall–Kier alpha value is -1.19. The zero-order chi connectivity index (χ0) is 12.0. The van der Waals surface area contributed by atoms with Crippen LogP contribution in [0.1, 0.15) is 40.4 Å². The number of hydrogen-bond donors (Lipinski definition) is 1. The second kappa shape index (κ2) is 3.93. The van der Waals surface area contributed by atoms with E-state index in [2.05, 4.69) is 32.0 Å². The maximum absolute atomic E-state index is 6.05. The first-order valence-corrected chi connectivity index (χ1v) is 6.85. The van der Waals surface area contributed by atoms with Crippen molar-refractivity contribution >= 4 is 11.3 Å². The number of hydrogen-bond acceptors (Lipinski definition) is 3. The number of thiazole rings is 1. The van der Waals surface area contributed by atoms with Crippen LogP contribution < -0.4 is 5.73 Å². The van der Waals surface area contributed by atoms with Crippen LogP contribution >= 0.6 is 11.3 Å². The molecule has 2 nitrogen and oxygen atoms in total. The molecule has 2 aromatic rings. The molecule has 0 spiro atoms. The number of nitrogens with two attached hydrogens (primary N) is 1. The second-order valence-corrected chi connectivity index (χ2v) is 5.79. The molecule has 17 heavy (non-hydrogen) atoms. The smallest absolute Gasteiger partial charge is 0.110 e. The molecule has 1 atom stereocenters. The lowest BCUT2D eigenvalue weighted by molar-refractivity contribution is 0.693. The molecule has 2 N–H and O–H groups in total. The van der Waals surface area contributed by atoms with Gasteiger partial charge in [0.05, 0.1) is 11.7 Å². The third kappa shape index (κ3) is 1.70. The Kier molecular flexibility index (Phi) is 2.53. The van der Waals surface area contributed by atoms with E-state index in [-0.39, 0.29) is 6.04 Å². The third-order valence-corrected chi connectivity index (χ3v) is 4.53. The van der Waals surface area contributed by atoms with Crippen LogP contribution in [0, 0.1) is 6.92 Å². The van der Waals surface area contributed by atoms with Crippen LogP contribution in [0.4, 0.5) is 0 Å². The highest BCUT2D eigenvalue weighted by molar-refractivity contribution is 7.12. The molecule has 1 aliphatic rings. The quantitative estimate of drug-likeness (QED) is 0.750. The molecule has 1 unspecified atom stereocenters. The van der Waals surface area contributed by atoms with E-state index in [9.17, 15) is 0 Å². The van der Waals surface area contributed by atoms with Crippen LogP contribution in [0.3, 0.4) is 0 Å². The summed E-state index contributed by atoms with van der Waals surface area (Å²) < 4.78 is 0. The maximum Gasteiger partial charge on any atom is 0.110 e. The van der Waals surface area contributed by atoms with Gasteiger partial charge in [0, 0.05) is 16.9 Å². The minimum absolute atomic E-state index is 0.0962. The van der Waals surface area contributed by atoms with E-state index in [1.54, 1.807) is 11.3 Å². The minimum atomic E-state index is 0.0962. The fourth-order valence-electron chi connectivity index (χ4n) is 2.27. The van der Waals surface area contributed by atoms with Gasteiger partial charge in [-0.05, 0) is 25.0 Å². The van der Waals surface area contributed by atoms with Gasteiger partial charge in [0.15, 0.2) is 0 Å². The van der Waals surface area contributed by atoms with Crippen LogP contribution in [0.15, 0.2) is 18.2 Å². The molecule has 0 bridgehead atoms. The van der Waals surface area contributed by atoms with E-state index in [1.165, 1.54) is 27.3 Å². The molecular formula is C14H16N2S. The van der Waals surface area contributed by atoms with Gasteiger partial charge in [-0.1, -0.05) is 24.6 Å². The first-order valence-electron chi connectivity index (χ1n) is 6.04. The van der Waals surface area contributed by atoms with E-state index in [0.29, 0.717) is 0 Å². The van der Waals surface area contributed by atoms with Crippen molar-refractivity contribution in [1.82, 2.24) is 4.98 Å². The number of nitrogens with zero attached hydrogens (tertiary/aromatic N) is 1. The summed E-state index contributed by atoms with van der Waals surface area (Å²) in [5.41, 5.74) is 11.2. The number of aromatic nitrogens is 1. The van der Waals surface area contributed by atoms with Crippen molar-refractivity contribution in [3.8, 4) is 11.3 Å². The molecule has 0 radical (unpaired) electrons. The molecule has 0 saturated carbocycles. The van der Waals surface area contributed by atoms with Crippen LogP contribution in [-0.2, 0) is 6.42 Å². The predicted molar refractivity (Wildman–Crippen MR) is 72.3 cm³/mol. The Morgan fingerprint density at radius 1 is 1.47 bits per heavy atom. The van der Waals surface area contributed by atoms with Crippen molar-refractivity contribution in [3.05, 3.63) is 39.2 Å². The Morgan fingerprint density at radius 3 is 3.06 bits per heavy atom. The normalized spacial score (nSPS) is 14.5. The van der Waals surface area contributed by atoms with E-state index < -0.39 is 0 Å². The van der Waals surface area contributed by atoms with Crippen LogP contribution in [-0.4, -0.2) is 4.98 Å². The monoisotopic (exact) mass is 244 g/mol. The predicted octanol–water partition coefficient (Wildman–Crippen LogP) is 3.43. The molecule has 1 aliphatic carbocycles. The molecular weight excluding hydrogens is 228 g/mol. The number of rotatable bonds is 2. The zero-order valence-electron chi connectivity index (χ0n) is 10.2. The van der Waals surface area contributed by atoms with Gasteiger partial charge < -0.3 is 5.73 Å². The molecule has 1 aromatic carbocycles. The topological polar surface area (TPSA) is 38.9 Å². The van der Waals surface area contributed by atoms with Gasteiger partial charge in [-0.2, -0.15) is 0 Å². The third-order valence-electron chi connectivity index (χ3n) is 3.34. The van der Waals surface area contributed by atoms with Crippen molar-refractivity contribution < 1.29 is 0 Å². The number of fused-ring (bicyclic) bond motifs is 3. The molecule has 0 saturated heterocycles. The summed E-state index contributed by atoms with van der Waals surface area (Å²) in [6.45, 7) is 4.23. The van der Waals surface area contributed by atoms with Crippen molar-refractivity contribution in [2.45, 2.75) is 32.7 Å². The molecule has 0 fully saturated rings. The summed E-state index contributed by atoms with van der Waals surface area (Å²) >= 11 is 1.78. The summed E-state index contributed by atoms with van der Waals surface area (Å²) in [6.07, 6.45) is 1.98. The van der Waals surface area contributed by atoms with Crippen molar-refractivity contribution in [2.75, 3.05) is 0 Å². The summed E-state index contributed by atoms with van der Waals surface area (Å²) in [4.78, 5) is 6.12. The molecule has 3 heteroatoms. The summed E-state index contributed by atoms with van der Waals surface area (Å²) in [5, 5.41) is 1.09. The molecule has 3 rings (SSSR count). The summed E-state index contributed by atoms with van der Waals surface area (Å²) in [7, 11) is 0. The lowest BCUT2D eigenvalue weighted by Crippen LogP contribution is -2.07. The fourth-order valence-corrected chi connectivity index (χ4v) is 3.46. The molecule has 0 amide bonds. The Morgan fingerprint density at radius 2 is 2.29 bits per heavy atom. The SMILES string of the molecule is CCC(N)c1nc2c(s1)Cc1ccc(C)cc1-2. The minimum Gasteiger partial charge on any atom is -0.322 e. The standard InChI is InChI=1S/C14H16N2S/c1-3-11(15)14-16-13-10-6-8(2)4-5-9(10)7-12(13)17-14/h4-6,11H,3,7,15H2,1-2H3. The number of aryl methyl sites for hydroxylation is 1. The van der Waals surface area contributed by atoms with Gasteiger partial charge in [0.25, 0.3) is 0 Å². The second-order valence-electron chi connectivity index (χ2n) is 4.68. The van der Waals surface area contributed by atoms with Crippen LogP contribution in [0.25, 0.3) is 11.3 Å². The van der Waals surface area contributed by atoms with Gasteiger partial charge in [-0.25, -0.2) is 4.98 Å². The van der Waals surface area contributed by atoms with Gasteiger partial charge in [0.1, 0.15) is 5.01 Å². The first-order chi connectivity index (χ1) is 8.19. The molecule has 1 aromatic heterocycles. The molecule has 88 valence electrons. The first kappa shape index (κ1) is 10.9. The number of benzene rings is 1. The maximum atomic E-state index is 6.05. The average Bonchev–Trinajstić information content (AvgIpc) is 2.86. The van der Waals surface area contributed by atoms with Gasteiger partial charge in [0.2, 0.25) is 0 Å². The van der Waals surface area contributed by atoms with Crippen molar-refractivity contribution in [2.24, 2.45) is 5.73 Å². The Labute approximate surface area is 106 Å². The van der Waals surface area contributed by atoms with Crippen molar-refractivity contribution in [1.29, 1.82) is 0 Å². The molecule has 1 heterocycles. The fraction of sp³-hybridized carbons (Fsp3) is 0.357.